The molecule has 0 radical (unpaired) electrons. The Bertz CT molecular complexity index is 1070. The van der Waals surface area contributed by atoms with Crippen molar-refractivity contribution in [1.29, 1.82) is 0 Å². The molecule has 0 saturated carbocycles. The quantitative estimate of drug-likeness (QED) is 0.407. The van der Waals surface area contributed by atoms with E-state index in [1.54, 1.807) is 13.1 Å². The molecule has 0 aromatic heterocycles. The number of rotatable bonds is 3. The van der Waals surface area contributed by atoms with Gasteiger partial charge in [0.25, 0.3) is 5.91 Å². The predicted octanol–water partition coefficient (Wildman–Crippen LogP) is 4.70. The van der Waals surface area contributed by atoms with E-state index in [1.807, 2.05) is 55.5 Å². The van der Waals surface area contributed by atoms with E-state index < -0.39 is 11.6 Å². The number of halogens is 1. The lowest BCUT2D eigenvalue weighted by Crippen LogP contribution is -2.42. The van der Waals surface area contributed by atoms with Crippen LogP contribution in [-0.4, -0.2) is 28.7 Å². The van der Waals surface area contributed by atoms with Crippen LogP contribution in [0.15, 0.2) is 53.6 Å². The van der Waals surface area contributed by atoms with Crippen LogP contribution in [0.5, 0.6) is 0 Å². The molecule has 4 rings (SSSR count). The minimum atomic E-state index is -0.918. The van der Waals surface area contributed by atoms with E-state index in [0.29, 0.717) is 11.4 Å². The third-order valence-corrected chi connectivity index (χ3v) is 5.56. The Morgan fingerprint density at radius 1 is 1.04 bits per heavy atom. The summed E-state index contributed by atoms with van der Waals surface area (Å²) in [7, 11) is 0. The predicted molar refractivity (Wildman–Crippen MR) is 108 cm³/mol. The number of nitrogens with zero attached hydrogens (tertiary/aromatic N) is 2. The van der Waals surface area contributed by atoms with Crippen LogP contribution < -0.4 is 5.32 Å². The van der Waals surface area contributed by atoms with Crippen LogP contribution in [0, 0.1) is 0 Å². The van der Waals surface area contributed by atoms with Crippen molar-refractivity contribution in [3.8, 4) is 0 Å². The summed E-state index contributed by atoms with van der Waals surface area (Å²) < 4.78 is 0. The van der Waals surface area contributed by atoms with Gasteiger partial charge in [0.15, 0.2) is 0 Å². The van der Waals surface area contributed by atoms with Crippen LogP contribution in [0.1, 0.15) is 25.8 Å². The van der Waals surface area contributed by atoms with Gasteiger partial charge < -0.3 is 5.32 Å². The van der Waals surface area contributed by atoms with Gasteiger partial charge in [-0.25, -0.2) is 4.79 Å². The zero-order chi connectivity index (χ0) is 19.2. The molecule has 5 nitrogen and oxygen atoms in total. The number of nitrogens with one attached hydrogen (secondary N) is 1. The van der Waals surface area contributed by atoms with Crippen molar-refractivity contribution < 1.29 is 9.59 Å². The van der Waals surface area contributed by atoms with Gasteiger partial charge in [0.05, 0.1) is 11.2 Å². The second kappa shape index (κ2) is 6.35. The lowest BCUT2D eigenvalue weighted by atomic mass is 9.97. The first-order valence-electron chi connectivity index (χ1n) is 8.76. The van der Waals surface area contributed by atoms with Crippen LogP contribution in [0.4, 0.5) is 4.79 Å². The van der Waals surface area contributed by atoms with Gasteiger partial charge in [-0.3, -0.25) is 4.79 Å². The van der Waals surface area contributed by atoms with Gasteiger partial charge in [0.1, 0.15) is 5.54 Å². The van der Waals surface area contributed by atoms with E-state index >= 15 is 0 Å². The second-order valence-electron chi connectivity index (χ2n) is 6.80. The van der Waals surface area contributed by atoms with Gasteiger partial charge >= 0.3 is 6.03 Å². The molecule has 1 fully saturated rings. The molecule has 1 aliphatic heterocycles. The number of amides is 3. The molecule has 27 heavy (non-hydrogen) atoms. The Morgan fingerprint density at radius 3 is 2.04 bits per heavy atom. The van der Waals surface area contributed by atoms with Crippen LogP contribution >= 0.6 is 11.6 Å². The molecule has 3 aromatic rings. The summed E-state index contributed by atoms with van der Waals surface area (Å²) in [6, 6.07) is 15.0. The van der Waals surface area contributed by atoms with Gasteiger partial charge in [-0.2, -0.15) is 5.10 Å². The van der Waals surface area contributed by atoms with Gasteiger partial charge in [-0.15, -0.1) is 5.01 Å². The summed E-state index contributed by atoms with van der Waals surface area (Å²) in [5.41, 5.74) is -0.102. The smallest absolute Gasteiger partial charge is 0.322 e. The molecule has 0 aliphatic carbocycles. The number of hydrogen-bond acceptors (Lipinski definition) is 3. The monoisotopic (exact) mass is 379 g/mol. The maximum absolute atomic E-state index is 12.6. The number of hydrogen-bond donors (Lipinski definition) is 1. The highest BCUT2D eigenvalue weighted by Gasteiger charge is 2.46. The summed E-state index contributed by atoms with van der Waals surface area (Å²) in [5, 5.41) is 12.1. The van der Waals surface area contributed by atoms with Gasteiger partial charge in [0, 0.05) is 16.3 Å². The molecule has 1 heterocycles. The lowest BCUT2D eigenvalue weighted by Gasteiger charge is -2.17. The number of urea groups is 1. The molecule has 0 bridgehead atoms. The summed E-state index contributed by atoms with van der Waals surface area (Å²) in [5.74, 6) is -0.353. The Morgan fingerprint density at radius 2 is 1.56 bits per heavy atom. The number of carbonyl (C=O) groups excluding carboxylic acids is 2. The van der Waals surface area contributed by atoms with E-state index in [-0.39, 0.29) is 5.91 Å². The highest BCUT2D eigenvalue weighted by atomic mass is 35.5. The molecule has 1 saturated heterocycles. The van der Waals surface area contributed by atoms with E-state index in [9.17, 15) is 9.59 Å². The van der Waals surface area contributed by atoms with Crippen molar-refractivity contribution in [2.24, 2.45) is 5.10 Å². The largest absolute Gasteiger partial charge is 0.346 e. The molecule has 3 amide bonds. The molecular weight excluding hydrogens is 362 g/mol. The number of benzene rings is 3. The first kappa shape index (κ1) is 17.5. The molecule has 3 aromatic carbocycles. The zero-order valence-corrected chi connectivity index (χ0v) is 15.7. The van der Waals surface area contributed by atoms with Gasteiger partial charge in [-0.1, -0.05) is 67.1 Å². The lowest BCUT2D eigenvalue weighted by molar-refractivity contribution is -0.130. The van der Waals surface area contributed by atoms with Crippen molar-refractivity contribution in [3.05, 3.63) is 59.1 Å². The molecule has 1 aliphatic rings. The minimum Gasteiger partial charge on any atom is -0.322 e. The van der Waals surface area contributed by atoms with Crippen molar-refractivity contribution in [1.82, 2.24) is 10.3 Å². The maximum Gasteiger partial charge on any atom is 0.346 e. The maximum atomic E-state index is 12.6. The zero-order valence-electron chi connectivity index (χ0n) is 15.0. The SMILES string of the molecule is CCC1(C)NC(=O)N(N=Cc2c3ccccc3c(Cl)c3ccccc23)C1=O. The second-order valence-corrected chi connectivity index (χ2v) is 7.17. The number of fused-ring (bicyclic) bond motifs is 2. The fourth-order valence-corrected chi connectivity index (χ4v) is 3.71. The van der Waals surface area contributed by atoms with Crippen LogP contribution in [-0.2, 0) is 4.79 Å². The Hall–Kier alpha value is -2.92. The Labute approximate surface area is 161 Å². The van der Waals surface area contributed by atoms with E-state index in [1.165, 1.54) is 0 Å². The van der Waals surface area contributed by atoms with Crippen LogP contribution in [0.3, 0.4) is 0 Å². The number of carbonyl (C=O) groups is 2. The topological polar surface area (TPSA) is 61.8 Å². The Kier molecular flexibility index (Phi) is 4.12. The first-order chi connectivity index (χ1) is 13.0. The van der Waals surface area contributed by atoms with Crippen molar-refractivity contribution in [2.75, 3.05) is 0 Å². The highest BCUT2D eigenvalue weighted by molar-refractivity contribution is 6.42. The standard InChI is InChI=1S/C21H18ClN3O2/c1-3-21(2)19(26)25(20(27)24-21)23-12-17-13-8-4-6-10-15(13)18(22)16-11-7-5-9-14(16)17/h4-12H,3H2,1-2H3,(H,24,27). The Balaban J connectivity index is 1.89. The fraction of sp³-hybridized carbons (Fsp3) is 0.190. The summed E-state index contributed by atoms with van der Waals surface area (Å²) in [4.78, 5) is 24.8. The normalized spacial score (nSPS) is 20.2. The van der Waals surface area contributed by atoms with Crippen molar-refractivity contribution in [3.63, 3.8) is 0 Å². The highest BCUT2D eigenvalue weighted by Crippen LogP contribution is 2.35. The molecule has 136 valence electrons. The average Bonchev–Trinajstić information content (AvgIpc) is 2.91. The minimum absolute atomic E-state index is 0.353. The molecule has 1 unspecified atom stereocenters. The van der Waals surface area contributed by atoms with Crippen molar-refractivity contribution in [2.45, 2.75) is 25.8 Å². The first-order valence-corrected chi connectivity index (χ1v) is 9.13. The third-order valence-electron chi connectivity index (χ3n) is 5.16. The van der Waals surface area contributed by atoms with Gasteiger partial charge in [0.2, 0.25) is 0 Å². The van der Waals surface area contributed by atoms with E-state index in [2.05, 4.69) is 10.4 Å². The molecule has 1 atom stereocenters. The molecule has 6 heteroatoms. The molecular formula is C21H18ClN3O2. The summed E-state index contributed by atoms with van der Waals surface area (Å²) in [6.45, 7) is 3.56. The fourth-order valence-electron chi connectivity index (χ4n) is 3.38. The molecule has 1 N–H and O–H groups in total. The van der Waals surface area contributed by atoms with Crippen LogP contribution in [0.25, 0.3) is 21.5 Å². The van der Waals surface area contributed by atoms with E-state index in [0.717, 1.165) is 32.1 Å². The third kappa shape index (κ3) is 2.66. The van der Waals surface area contributed by atoms with Gasteiger partial charge in [-0.05, 0) is 24.1 Å². The number of hydrazone groups is 1. The van der Waals surface area contributed by atoms with Crippen LogP contribution in [0.2, 0.25) is 5.02 Å². The average molecular weight is 380 g/mol. The summed E-state index contributed by atoms with van der Waals surface area (Å²) >= 11 is 6.60. The summed E-state index contributed by atoms with van der Waals surface area (Å²) in [6.07, 6.45) is 2.07. The molecule has 0 spiro atoms. The van der Waals surface area contributed by atoms with Crippen molar-refractivity contribution >= 4 is 51.3 Å². The number of imide groups is 1. The van der Waals surface area contributed by atoms with E-state index in [4.69, 9.17) is 11.6 Å².